The molecule has 0 saturated carbocycles. The van der Waals surface area contributed by atoms with Gasteiger partial charge in [0, 0.05) is 0 Å². The number of rotatable bonds is 0. The smallest absolute Gasteiger partial charge is 0.205 e. The maximum Gasteiger partial charge on any atom is 0.205 e. The van der Waals surface area contributed by atoms with E-state index >= 15 is 0 Å². The first-order valence-electron chi connectivity index (χ1n) is 2.67. The van der Waals surface area contributed by atoms with Gasteiger partial charge >= 0.3 is 0 Å². The summed E-state index contributed by atoms with van der Waals surface area (Å²) in [5.74, 6) is 0.549. The highest BCUT2D eigenvalue weighted by molar-refractivity contribution is 6.76. The SMILES string of the molecule is CC1[B]C(=O)CC1. The predicted octanol–water partition coefficient (Wildman–Crippen LogP) is 0.819. The van der Waals surface area contributed by atoms with Crippen molar-refractivity contribution in [3.8, 4) is 0 Å². The molecule has 1 unspecified atom stereocenters. The maximum absolute atomic E-state index is 10.4. The van der Waals surface area contributed by atoms with Gasteiger partial charge in [-0.15, -0.1) is 0 Å². The Morgan fingerprint density at radius 1 is 1.86 bits per heavy atom. The molecule has 0 amide bonds. The minimum atomic E-state index is 0.326. The van der Waals surface area contributed by atoms with Crippen LogP contribution in [0.1, 0.15) is 19.8 Å². The van der Waals surface area contributed by atoms with Crippen LogP contribution in [-0.2, 0) is 4.79 Å². The Balaban J connectivity index is 2.40. The van der Waals surface area contributed by atoms with Crippen LogP contribution in [-0.4, -0.2) is 13.0 Å². The second kappa shape index (κ2) is 1.69. The molecular weight excluding hydrogens is 86.9 g/mol. The Morgan fingerprint density at radius 3 is 2.71 bits per heavy atom. The molecule has 0 aromatic heterocycles. The van der Waals surface area contributed by atoms with Crippen molar-refractivity contribution in [1.82, 2.24) is 0 Å². The molecule has 1 radical (unpaired) electrons. The normalized spacial score (nSPS) is 30.4. The van der Waals surface area contributed by atoms with E-state index in [1.165, 1.54) is 0 Å². The van der Waals surface area contributed by atoms with Gasteiger partial charge in [0.2, 0.25) is 7.28 Å². The lowest BCUT2D eigenvalue weighted by Crippen LogP contribution is -1.99. The van der Waals surface area contributed by atoms with Crippen LogP contribution in [0.2, 0.25) is 5.82 Å². The number of hydrogen-bond donors (Lipinski definition) is 0. The quantitative estimate of drug-likeness (QED) is 0.407. The molecule has 1 atom stereocenters. The van der Waals surface area contributed by atoms with Crippen LogP contribution >= 0.6 is 0 Å². The molecule has 1 fully saturated rings. The fraction of sp³-hybridized carbons (Fsp3) is 0.800. The lowest BCUT2D eigenvalue weighted by atomic mass is 9.68. The summed E-state index contributed by atoms with van der Waals surface area (Å²) in [6.07, 6.45) is 1.85. The van der Waals surface area contributed by atoms with E-state index in [0.717, 1.165) is 12.8 Å². The standard InChI is InChI=1S/C5H8BO/c1-4-2-3-5(7)6-4/h4H,2-3H2,1H3. The Bertz CT molecular complexity index is 90.1. The van der Waals surface area contributed by atoms with E-state index < -0.39 is 0 Å². The van der Waals surface area contributed by atoms with Gasteiger partial charge in [-0.1, -0.05) is 19.2 Å². The van der Waals surface area contributed by atoms with Crippen LogP contribution in [0.25, 0.3) is 0 Å². The zero-order valence-corrected chi connectivity index (χ0v) is 4.48. The molecule has 7 heavy (non-hydrogen) atoms. The highest BCUT2D eigenvalue weighted by Crippen LogP contribution is 2.18. The monoisotopic (exact) mass is 95.1 g/mol. The van der Waals surface area contributed by atoms with Crippen LogP contribution in [0.3, 0.4) is 0 Å². The summed E-state index contributed by atoms with van der Waals surface area (Å²) < 4.78 is 0. The summed E-state index contributed by atoms with van der Waals surface area (Å²) in [5, 5.41) is 0. The van der Waals surface area contributed by atoms with Crippen LogP contribution < -0.4 is 0 Å². The fourth-order valence-corrected chi connectivity index (χ4v) is 0.854. The third-order valence-electron chi connectivity index (χ3n) is 1.32. The van der Waals surface area contributed by atoms with Gasteiger partial charge in [0.25, 0.3) is 0 Å². The molecule has 0 aliphatic carbocycles. The van der Waals surface area contributed by atoms with E-state index in [1.807, 2.05) is 0 Å². The third-order valence-corrected chi connectivity index (χ3v) is 1.32. The maximum atomic E-state index is 10.4. The van der Waals surface area contributed by atoms with E-state index in [9.17, 15) is 4.79 Å². The molecule has 0 bridgehead atoms. The first-order chi connectivity index (χ1) is 3.29. The second-order valence-corrected chi connectivity index (χ2v) is 2.15. The lowest BCUT2D eigenvalue weighted by molar-refractivity contribution is -0.111. The van der Waals surface area contributed by atoms with Gasteiger partial charge in [-0.3, -0.25) is 0 Å². The molecule has 1 nitrogen and oxygen atoms in total. The molecule has 2 heteroatoms. The molecule has 1 heterocycles. The second-order valence-electron chi connectivity index (χ2n) is 2.15. The number of hydrogen-bond acceptors (Lipinski definition) is 1. The average molecular weight is 94.9 g/mol. The van der Waals surface area contributed by atoms with Crippen molar-refractivity contribution in [3.05, 3.63) is 0 Å². The number of carbonyl (C=O) groups is 1. The van der Waals surface area contributed by atoms with E-state index in [-0.39, 0.29) is 0 Å². The van der Waals surface area contributed by atoms with Gasteiger partial charge < -0.3 is 4.79 Å². The zero-order chi connectivity index (χ0) is 5.28. The minimum absolute atomic E-state index is 0.326. The highest BCUT2D eigenvalue weighted by Gasteiger charge is 2.18. The first-order valence-corrected chi connectivity index (χ1v) is 2.67. The van der Waals surface area contributed by atoms with Crippen molar-refractivity contribution in [2.24, 2.45) is 0 Å². The molecular formula is C5H8BO. The lowest BCUT2D eigenvalue weighted by Gasteiger charge is -1.88. The van der Waals surface area contributed by atoms with E-state index in [2.05, 4.69) is 6.92 Å². The van der Waals surface area contributed by atoms with Crippen molar-refractivity contribution in [2.75, 3.05) is 0 Å². The molecule has 37 valence electrons. The Labute approximate surface area is 44.3 Å². The van der Waals surface area contributed by atoms with Crippen molar-refractivity contribution < 1.29 is 4.79 Å². The van der Waals surface area contributed by atoms with Gasteiger partial charge in [-0.2, -0.15) is 0 Å². The molecule has 0 aromatic rings. The predicted molar refractivity (Wildman–Crippen MR) is 29.4 cm³/mol. The molecule has 1 aliphatic heterocycles. The summed E-state index contributed by atoms with van der Waals surface area (Å²) in [5.41, 5.74) is 0.326. The minimum Gasteiger partial charge on any atom is -0.312 e. The molecule has 1 rings (SSSR count). The summed E-state index contributed by atoms with van der Waals surface area (Å²) in [6, 6.07) is 0. The molecule has 1 saturated heterocycles. The number of carbonyl (C=O) groups excluding carboxylic acids is 1. The summed E-state index contributed by atoms with van der Waals surface area (Å²) >= 11 is 0. The Morgan fingerprint density at radius 2 is 2.57 bits per heavy atom. The zero-order valence-electron chi connectivity index (χ0n) is 4.48. The van der Waals surface area contributed by atoms with Crippen LogP contribution in [0.5, 0.6) is 0 Å². The molecule has 0 spiro atoms. The van der Waals surface area contributed by atoms with Crippen molar-refractivity contribution >= 4 is 13.0 Å². The van der Waals surface area contributed by atoms with Crippen LogP contribution in [0, 0.1) is 0 Å². The largest absolute Gasteiger partial charge is 0.312 e. The topological polar surface area (TPSA) is 17.1 Å². The van der Waals surface area contributed by atoms with Gasteiger partial charge in [0.05, 0.1) is 5.68 Å². The summed E-state index contributed by atoms with van der Waals surface area (Å²) in [7, 11) is 1.81. The van der Waals surface area contributed by atoms with E-state index in [0.29, 0.717) is 11.5 Å². The fourth-order valence-electron chi connectivity index (χ4n) is 0.854. The van der Waals surface area contributed by atoms with Gasteiger partial charge in [-0.25, -0.2) is 0 Å². The van der Waals surface area contributed by atoms with Crippen LogP contribution in [0.15, 0.2) is 0 Å². The highest BCUT2D eigenvalue weighted by atomic mass is 16.1. The Kier molecular flexibility index (Phi) is 1.18. The van der Waals surface area contributed by atoms with Crippen molar-refractivity contribution in [1.29, 1.82) is 0 Å². The van der Waals surface area contributed by atoms with Crippen molar-refractivity contribution in [3.63, 3.8) is 0 Å². The molecule has 0 aromatic carbocycles. The van der Waals surface area contributed by atoms with Gasteiger partial charge in [0.1, 0.15) is 0 Å². The van der Waals surface area contributed by atoms with E-state index in [1.54, 1.807) is 7.28 Å². The van der Waals surface area contributed by atoms with Gasteiger partial charge in [0.15, 0.2) is 0 Å². The third kappa shape index (κ3) is 1.05. The van der Waals surface area contributed by atoms with Crippen molar-refractivity contribution in [2.45, 2.75) is 25.6 Å². The Hall–Kier alpha value is -0.265. The summed E-state index contributed by atoms with van der Waals surface area (Å²) in [6.45, 7) is 2.07. The average Bonchev–Trinajstić information content (AvgIpc) is 1.87. The molecule has 0 N–H and O–H groups in total. The molecule has 1 aliphatic rings. The van der Waals surface area contributed by atoms with Crippen LogP contribution in [0.4, 0.5) is 0 Å². The van der Waals surface area contributed by atoms with Gasteiger partial charge in [-0.05, 0) is 6.42 Å². The summed E-state index contributed by atoms with van der Waals surface area (Å²) in [4.78, 5) is 10.4. The first kappa shape index (κ1) is 4.88. The van der Waals surface area contributed by atoms with E-state index in [4.69, 9.17) is 0 Å².